The van der Waals surface area contributed by atoms with Gasteiger partial charge in [0.05, 0.1) is 56.3 Å². The first-order valence-electron chi connectivity index (χ1n) is 9.00. The average Bonchev–Trinajstić information content (AvgIpc) is 3.16. The highest BCUT2D eigenvalue weighted by atomic mass is 16.5. The van der Waals surface area contributed by atoms with E-state index in [0.717, 1.165) is 12.0 Å². The van der Waals surface area contributed by atoms with E-state index in [0.29, 0.717) is 30.3 Å². The molecule has 0 aliphatic carbocycles. The lowest BCUT2D eigenvalue weighted by molar-refractivity contribution is 0.290. The topological polar surface area (TPSA) is 143 Å². The lowest BCUT2D eigenvalue weighted by Crippen LogP contribution is -2.36. The van der Waals surface area contributed by atoms with Crippen molar-refractivity contribution in [1.82, 2.24) is 25.8 Å². The molecule has 2 aromatic heterocycles. The molecule has 0 aromatic carbocycles. The van der Waals surface area contributed by atoms with E-state index in [1.165, 1.54) is 12.4 Å². The largest absolute Gasteiger partial charge is 0.495 e. The molecule has 0 spiro atoms. The fraction of sp³-hybridized carbons (Fsp3) is 0.444. The van der Waals surface area contributed by atoms with Crippen molar-refractivity contribution >= 4 is 5.82 Å². The summed E-state index contributed by atoms with van der Waals surface area (Å²) in [7, 11) is 1.61. The zero-order valence-electron chi connectivity index (χ0n) is 15.8. The van der Waals surface area contributed by atoms with Gasteiger partial charge in [-0.15, -0.1) is 0 Å². The van der Waals surface area contributed by atoms with E-state index in [2.05, 4.69) is 31.1 Å². The maximum absolute atomic E-state index is 8.81. The first kappa shape index (κ1) is 19.8. The van der Waals surface area contributed by atoms with E-state index in [9.17, 15) is 0 Å². The molecular formula is C18H24N8O2. The maximum atomic E-state index is 8.81. The molecule has 10 heteroatoms. The molecule has 0 radical (unpaired) electrons. The molecule has 1 aliphatic rings. The number of pyridine rings is 1. The van der Waals surface area contributed by atoms with Gasteiger partial charge in [0.15, 0.2) is 5.69 Å². The Labute approximate surface area is 163 Å². The Morgan fingerprint density at radius 1 is 1.29 bits per heavy atom. The molecule has 1 aliphatic heterocycles. The number of hydrazine groups is 1. The highest BCUT2D eigenvalue weighted by molar-refractivity contribution is 5.45. The van der Waals surface area contributed by atoms with Crippen LogP contribution in [0.3, 0.4) is 0 Å². The number of rotatable bonds is 8. The quantitative estimate of drug-likeness (QED) is 0.517. The van der Waals surface area contributed by atoms with Crippen LogP contribution in [0.5, 0.6) is 11.5 Å². The van der Waals surface area contributed by atoms with E-state index in [-0.39, 0.29) is 23.9 Å². The number of nitriles is 1. The summed E-state index contributed by atoms with van der Waals surface area (Å²) in [5.41, 5.74) is 13.4. The first-order valence-corrected chi connectivity index (χ1v) is 9.00. The molecule has 3 heterocycles. The summed E-state index contributed by atoms with van der Waals surface area (Å²) in [6, 6.07) is 1.95. The van der Waals surface area contributed by atoms with Gasteiger partial charge < -0.3 is 20.5 Å². The molecule has 0 bridgehead atoms. The van der Waals surface area contributed by atoms with Crippen molar-refractivity contribution < 1.29 is 9.47 Å². The maximum Gasteiger partial charge on any atom is 0.158 e. The summed E-state index contributed by atoms with van der Waals surface area (Å²) >= 11 is 0. The van der Waals surface area contributed by atoms with Crippen LogP contribution in [-0.2, 0) is 0 Å². The minimum absolute atomic E-state index is 0.0629. The number of anilines is 1. The Kier molecular flexibility index (Phi) is 6.54. The van der Waals surface area contributed by atoms with Gasteiger partial charge in [-0.25, -0.2) is 20.8 Å². The minimum atomic E-state index is -0.0954. The first-order chi connectivity index (χ1) is 13.6. The molecule has 2 aromatic rings. The Hall–Kier alpha value is -3.00. The van der Waals surface area contributed by atoms with E-state index in [4.69, 9.17) is 20.5 Å². The van der Waals surface area contributed by atoms with Gasteiger partial charge in [0.1, 0.15) is 23.4 Å². The average molecular weight is 384 g/mol. The molecule has 5 N–H and O–H groups in total. The van der Waals surface area contributed by atoms with Crippen LogP contribution >= 0.6 is 0 Å². The second-order valence-corrected chi connectivity index (χ2v) is 6.54. The summed E-state index contributed by atoms with van der Waals surface area (Å²) in [4.78, 5) is 12.4. The van der Waals surface area contributed by atoms with Gasteiger partial charge in [-0.05, 0) is 13.3 Å². The SMILES string of the molecule is COc1cncc(OCC[C@H](C)N)c1C1CC(Nc2cnc(C#N)cn2)NN1. The van der Waals surface area contributed by atoms with E-state index in [1.807, 2.05) is 13.0 Å². The number of methoxy groups -OCH3 is 1. The molecule has 0 amide bonds. The zero-order valence-corrected chi connectivity index (χ0v) is 15.8. The smallest absolute Gasteiger partial charge is 0.158 e. The Morgan fingerprint density at radius 2 is 2.11 bits per heavy atom. The standard InChI is InChI=1S/C18H24N8O2/c1-11(20)3-4-28-15-9-21-8-14(27-2)18(15)13-5-16(26-25-13)24-17-10-22-12(6-19)7-23-17/h7-11,13,16,25-26H,3-5,20H2,1-2H3,(H,23,24)/t11-,13?,16?/m0/s1. The van der Waals surface area contributed by atoms with Gasteiger partial charge >= 0.3 is 0 Å². The molecule has 3 atom stereocenters. The van der Waals surface area contributed by atoms with Crippen LogP contribution in [0, 0.1) is 11.3 Å². The number of hydrogen-bond donors (Lipinski definition) is 4. The normalized spacial score (nSPS) is 19.6. The van der Waals surface area contributed by atoms with E-state index < -0.39 is 0 Å². The summed E-state index contributed by atoms with van der Waals surface area (Å²) in [6.07, 6.45) is 7.67. The van der Waals surface area contributed by atoms with E-state index >= 15 is 0 Å². The lowest BCUT2D eigenvalue weighted by Gasteiger charge is -2.19. The van der Waals surface area contributed by atoms with Gasteiger partial charge in [-0.2, -0.15) is 5.26 Å². The third-order valence-electron chi connectivity index (χ3n) is 4.31. The van der Waals surface area contributed by atoms with Crippen LogP contribution in [-0.4, -0.2) is 40.9 Å². The number of nitrogens with zero attached hydrogens (tertiary/aromatic N) is 4. The molecule has 28 heavy (non-hydrogen) atoms. The van der Waals surface area contributed by atoms with E-state index in [1.54, 1.807) is 19.5 Å². The Morgan fingerprint density at radius 3 is 2.79 bits per heavy atom. The van der Waals surface area contributed by atoms with Crippen LogP contribution < -0.4 is 31.4 Å². The minimum Gasteiger partial charge on any atom is -0.495 e. The number of nitrogens with two attached hydrogens (primary N) is 1. The molecule has 1 saturated heterocycles. The predicted octanol–water partition coefficient (Wildman–Crippen LogP) is 0.845. The van der Waals surface area contributed by atoms with Crippen LogP contribution in [0.1, 0.15) is 37.1 Å². The van der Waals surface area contributed by atoms with Gasteiger partial charge in [0.25, 0.3) is 0 Å². The number of nitrogens with one attached hydrogen (secondary N) is 3. The van der Waals surface area contributed by atoms with Crippen molar-refractivity contribution in [2.45, 2.75) is 38.0 Å². The Bertz CT molecular complexity index is 821. The Balaban J connectivity index is 1.70. The van der Waals surface area contributed by atoms with Crippen molar-refractivity contribution in [3.05, 3.63) is 36.0 Å². The number of hydrogen-bond acceptors (Lipinski definition) is 10. The third-order valence-corrected chi connectivity index (χ3v) is 4.31. The van der Waals surface area contributed by atoms with Crippen molar-refractivity contribution in [3.63, 3.8) is 0 Å². The van der Waals surface area contributed by atoms with Crippen molar-refractivity contribution in [1.29, 1.82) is 5.26 Å². The van der Waals surface area contributed by atoms with Gasteiger partial charge in [-0.3, -0.25) is 4.98 Å². The summed E-state index contributed by atoms with van der Waals surface area (Å²) in [5.74, 6) is 1.89. The number of aromatic nitrogens is 3. The highest BCUT2D eigenvalue weighted by Crippen LogP contribution is 2.36. The van der Waals surface area contributed by atoms with Gasteiger partial charge in [0.2, 0.25) is 0 Å². The zero-order chi connectivity index (χ0) is 19.9. The van der Waals surface area contributed by atoms with Gasteiger partial charge in [0, 0.05) is 12.5 Å². The predicted molar refractivity (Wildman–Crippen MR) is 102 cm³/mol. The molecule has 10 nitrogen and oxygen atoms in total. The van der Waals surface area contributed by atoms with Crippen molar-refractivity contribution in [2.24, 2.45) is 5.73 Å². The summed E-state index contributed by atoms with van der Waals surface area (Å²) in [5, 5.41) is 12.0. The molecule has 3 rings (SSSR count). The molecule has 0 saturated carbocycles. The second-order valence-electron chi connectivity index (χ2n) is 6.54. The fourth-order valence-electron chi connectivity index (χ4n) is 2.89. The molecule has 2 unspecified atom stereocenters. The van der Waals surface area contributed by atoms with Crippen LogP contribution in [0.2, 0.25) is 0 Å². The molecule has 148 valence electrons. The molecule has 1 fully saturated rings. The number of ether oxygens (including phenoxy) is 2. The van der Waals surface area contributed by atoms with Crippen LogP contribution in [0.4, 0.5) is 5.82 Å². The summed E-state index contributed by atoms with van der Waals surface area (Å²) in [6.45, 7) is 2.45. The molecular weight excluding hydrogens is 360 g/mol. The fourth-order valence-corrected chi connectivity index (χ4v) is 2.89. The van der Waals surface area contributed by atoms with Crippen LogP contribution in [0.25, 0.3) is 0 Å². The van der Waals surface area contributed by atoms with Crippen molar-refractivity contribution in [2.75, 3.05) is 19.0 Å². The lowest BCUT2D eigenvalue weighted by atomic mass is 10.0. The monoisotopic (exact) mass is 384 g/mol. The second kappa shape index (κ2) is 9.27. The van der Waals surface area contributed by atoms with Crippen LogP contribution in [0.15, 0.2) is 24.8 Å². The summed E-state index contributed by atoms with van der Waals surface area (Å²) < 4.78 is 11.4. The van der Waals surface area contributed by atoms with Crippen molar-refractivity contribution in [3.8, 4) is 17.6 Å². The third kappa shape index (κ3) is 4.83. The van der Waals surface area contributed by atoms with Gasteiger partial charge in [-0.1, -0.05) is 0 Å². The highest BCUT2D eigenvalue weighted by Gasteiger charge is 2.30.